The molecule has 0 bridgehead atoms. The quantitative estimate of drug-likeness (QED) is 0.408. The smallest absolute Gasteiger partial charge is 0.233 e. The topological polar surface area (TPSA) is 74.8 Å². The van der Waals surface area contributed by atoms with E-state index < -0.39 is 0 Å². The maximum Gasteiger partial charge on any atom is 0.233 e. The number of aryl methyl sites for hydroxylation is 2. The molecule has 3 heterocycles. The van der Waals surface area contributed by atoms with Crippen LogP contribution in [0.25, 0.3) is 21.3 Å². The number of hydrogen-bond acceptors (Lipinski definition) is 6. The second kappa shape index (κ2) is 7.28. The highest BCUT2D eigenvalue weighted by molar-refractivity contribution is 8.00. The van der Waals surface area contributed by atoms with Crippen LogP contribution in [-0.4, -0.2) is 43.5 Å². The summed E-state index contributed by atoms with van der Waals surface area (Å²) in [5.74, 6) is 1.15. The minimum absolute atomic E-state index is 0.0387. The van der Waals surface area contributed by atoms with Gasteiger partial charge >= 0.3 is 0 Å². The van der Waals surface area contributed by atoms with Crippen molar-refractivity contribution in [2.24, 2.45) is 0 Å². The highest BCUT2D eigenvalue weighted by Gasteiger charge is 2.16. The number of carbonyl (C=O) groups is 1. The van der Waals surface area contributed by atoms with Crippen molar-refractivity contribution in [1.29, 1.82) is 0 Å². The monoisotopic (exact) mass is 397 g/mol. The number of para-hydroxylation sites is 2. The number of hydrogen-bond donors (Lipinski definition) is 1. The summed E-state index contributed by atoms with van der Waals surface area (Å²) >= 11 is 3.13. The predicted molar refractivity (Wildman–Crippen MR) is 110 cm³/mol. The molecular weight excluding hydrogens is 378 g/mol. The molecule has 27 heavy (non-hydrogen) atoms. The highest BCUT2D eigenvalue weighted by atomic mass is 32.2. The molecule has 0 unspecified atom stereocenters. The molecule has 3 aromatic heterocycles. The van der Waals surface area contributed by atoms with E-state index in [9.17, 15) is 4.79 Å². The Balaban J connectivity index is 1.44. The number of nitrogens with one attached hydrogen (secondary N) is 1. The number of rotatable bonds is 5. The lowest BCUT2D eigenvalue weighted by atomic mass is 10.2. The summed E-state index contributed by atoms with van der Waals surface area (Å²) in [6.07, 6.45) is 1.57. The Labute approximate surface area is 165 Å². The van der Waals surface area contributed by atoms with E-state index in [-0.39, 0.29) is 5.91 Å². The van der Waals surface area contributed by atoms with Crippen LogP contribution in [0.4, 0.5) is 0 Å². The Morgan fingerprint density at radius 1 is 1.26 bits per heavy atom. The molecule has 0 fully saturated rings. The van der Waals surface area contributed by atoms with Crippen molar-refractivity contribution in [2.75, 3.05) is 12.8 Å². The van der Waals surface area contributed by atoms with Gasteiger partial charge in [0.2, 0.25) is 5.91 Å². The summed E-state index contributed by atoms with van der Waals surface area (Å²) in [5, 5.41) is 1.94. The first kappa shape index (κ1) is 17.9. The number of benzene rings is 1. The maximum absolute atomic E-state index is 12.6. The van der Waals surface area contributed by atoms with Crippen LogP contribution in [0.5, 0.6) is 0 Å². The SMILES string of the molecule is Cc1sc2ncnc(SCC(=O)N(C)Cc3nc4ccccc4[nH]3)c2c1C. The van der Waals surface area contributed by atoms with Gasteiger partial charge in [0.25, 0.3) is 0 Å². The van der Waals surface area contributed by atoms with E-state index in [1.807, 2.05) is 24.3 Å². The van der Waals surface area contributed by atoms with Crippen molar-refractivity contribution >= 4 is 50.3 Å². The fourth-order valence-corrected chi connectivity index (χ4v) is 4.95. The van der Waals surface area contributed by atoms with Crippen LogP contribution in [0.3, 0.4) is 0 Å². The Morgan fingerprint density at radius 3 is 2.89 bits per heavy atom. The van der Waals surface area contributed by atoms with Gasteiger partial charge in [0.15, 0.2) is 0 Å². The summed E-state index contributed by atoms with van der Waals surface area (Å²) < 4.78 is 0. The summed E-state index contributed by atoms with van der Waals surface area (Å²) in [6, 6.07) is 7.86. The number of amides is 1. The van der Waals surface area contributed by atoms with Crippen LogP contribution in [0, 0.1) is 13.8 Å². The van der Waals surface area contributed by atoms with Crippen molar-refractivity contribution in [2.45, 2.75) is 25.4 Å². The fraction of sp³-hybridized carbons (Fsp3) is 0.263. The number of aromatic amines is 1. The standard InChI is InChI=1S/C19H19N5OS2/c1-11-12(2)27-19-17(11)18(20-10-21-19)26-9-16(25)24(3)8-15-22-13-6-4-5-7-14(13)23-15/h4-7,10H,8-9H2,1-3H3,(H,22,23). The first-order valence-electron chi connectivity index (χ1n) is 8.54. The molecule has 138 valence electrons. The molecular formula is C19H19N5OS2. The number of carbonyl (C=O) groups excluding carboxylic acids is 1. The Kier molecular flexibility index (Phi) is 4.84. The molecule has 0 saturated heterocycles. The maximum atomic E-state index is 12.6. The Hall–Kier alpha value is -2.45. The predicted octanol–water partition coefficient (Wildman–Crippen LogP) is 3.94. The minimum atomic E-state index is 0.0387. The number of fused-ring (bicyclic) bond motifs is 2. The minimum Gasteiger partial charge on any atom is -0.340 e. The van der Waals surface area contributed by atoms with E-state index >= 15 is 0 Å². The lowest BCUT2D eigenvalue weighted by Gasteiger charge is -2.15. The lowest BCUT2D eigenvalue weighted by molar-refractivity contribution is -0.127. The van der Waals surface area contributed by atoms with Crippen LogP contribution < -0.4 is 0 Å². The van der Waals surface area contributed by atoms with Crippen molar-refractivity contribution in [3.05, 3.63) is 46.9 Å². The van der Waals surface area contributed by atoms with Crippen LogP contribution in [-0.2, 0) is 11.3 Å². The molecule has 0 aliphatic heterocycles. The third kappa shape index (κ3) is 3.54. The molecule has 4 aromatic rings. The summed E-state index contributed by atoms with van der Waals surface area (Å²) in [4.78, 5) is 33.0. The third-order valence-electron chi connectivity index (χ3n) is 4.51. The molecule has 1 aromatic carbocycles. The van der Waals surface area contributed by atoms with Crippen molar-refractivity contribution in [3.63, 3.8) is 0 Å². The molecule has 0 aliphatic carbocycles. The number of aromatic nitrogens is 4. The van der Waals surface area contributed by atoms with E-state index in [1.54, 1.807) is 29.6 Å². The summed E-state index contributed by atoms with van der Waals surface area (Å²) in [6.45, 7) is 4.61. The lowest BCUT2D eigenvalue weighted by Crippen LogP contribution is -2.28. The van der Waals surface area contributed by atoms with Gasteiger partial charge in [-0.05, 0) is 31.5 Å². The van der Waals surface area contributed by atoms with Gasteiger partial charge in [0.1, 0.15) is 22.0 Å². The van der Waals surface area contributed by atoms with Gasteiger partial charge in [-0.1, -0.05) is 23.9 Å². The third-order valence-corrected chi connectivity index (χ3v) is 6.60. The zero-order valence-electron chi connectivity index (χ0n) is 15.3. The first-order chi connectivity index (χ1) is 13.0. The fourth-order valence-electron chi connectivity index (χ4n) is 2.89. The van der Waals surface area contributed by atoms with Gasteiger partial charge in [-0.15, -0.1) is 11.3 Å². The normalized spacial score (nSPS) is 11.4. The molecule has 0 aliphatic rings. The van der Waals surface area contributed by atoms with Crippen molar-refractivity contribution in [3.8, 4) is 0 Å². The van der Waals surface area contributed by atoms with E-state index in [0.29, 0.717) is 12.3 Å². The molecule has 0 radical (unpaired) electrons. The van der Waals surface area contributed by atoms with Gasteiger partial charge in [0.05, 0.1) is 23.3 Å². The Bertz CT molecular complexity index is 1100. The largest absolute Gasteiger partial charge is 0.340 e. The molecule has 8 heteroatoms. The molecule has 0 atom stereocenters. The van der Waals surface area contributed by atoms with Crippen molar-refractivity contribution < 1.29 is 4.79 Å². The molecule has 0 saturated carbocycles. The van der Waals surface area contributed by atoms with Crippen LogP contribution in [0.2, 0.25) is 0 Å². The summed E-state index contributed by atoms with van der Waals surface area (Å²) in [7, 11) is 1.80. The van der Waals surface area contributed by atoms with Gasteiger partial charge in [0, 0.05) is 17.3 Å². The molecule has 0 spiro atoms. The average Bonchev–Trinajstić information content (AvgIpc) is 3.20. The number of nitrogens with zero attached hydrogens (tertiary/aromatic N) is 4. The zero-order chi connectivity index (χ0) is 19.0. The van der Waals surface area contributed by atoms with Crippen molar-refractivity contribution in [1.82, 2.24) is 24.8 Å². The van der Waals surface area contributed by atoms with E-state index in [1.165, 1.54) is 22.2 Å². The van der Waals surface area contributed by atoms with Gasteiger partial charge in [-0.25, -0.2) is 15.0 Å². The zero-order valence-corrected chi connectivity index (χ0v) is 16.9. The summed E-state index contributed by atoms with van der Waals surface area (Å²) in [5.41, 5.74) is 3.09. The van der Waals surface area contributed by atoms with Crippen LogP contribution in [0.15, 0.2) is 35.6 Å². The number of H-pyrrole nitrogens is 1. The first-order valence-corrected chi connectivity index (χ1v) is 10.3. The van der Waals surface area contributed by atoms with E-state index in [4.69, 9.17) is 0 Å². The Morgan fingerprint density at radius 2 is 2.07 bits per heavy atom. The van der Waals surface area contributed by atoms with E-state index in [2.05, 4.69) is 33.8 Å². The van der Waals surface area contributed by atoms with E-state index in [0.717, 1.165) is 32.1 Å². The van der Waals surface area contributed by atoms with Gasteiger partial charge in [-0.3, -0.25) is 4.79 Å². The number of thiophene rings is 1. The second-order valence-corrected chi connectivity index (χ2v) is 8.55. The van der Waals surface area contributed by atoms with Gasteiger partial charge in [-0.2, -0.15) is 0 Å². The molecule has 1 N–H and O–H groups in total. The molecule has 4 rings (SSSR count). The molecule has 6 nitrogen and oxygen atoms in total. The highest BCUT2D eigenvalue weighted by Crippen LogP contribution is 2.34. The van der Waals surface area contributed by atoms with Crippen LogP contribution >= 0.6 is 23.1 Å². The number of imidazole rings is 1. The molecule has 1 amide bonds. The average molecular weight is 398 g/mol. The second-order valence-electron chi connectivity index (χ2n) is 6.38. The van der Waals surface area contributed by atoms with Gasteiger partial charge < -0.3 is 9.88 Å². The number of thioether (sulfide) groups is 1. The van der Waals surface area contributed by atoms with Crippen LogP contribution in [0.1, 0.15) is 16.3 Å².